The number of benzene rings is 1. The standard InChI is InChI=1S/C18H29Cl/c1-2-3-4-5-6-7-8-9-10-11-13-17-14-12-15-18(19)16-17/h12,14-16H,2-11,13H2,1H3. The van der Waals surface area contributed by atoms with Gasteiger partial charge in [0.2, 0.25) is 0 Å². The van der Waals surface area contributed by atoms with Crippen molar-refractivity contribution >= 4 is 11.6 Å². The van der Waals surface area contributed by atoms with Crippen LogP contribution in [0, 0.1) is 0 Å². The average Bonchev–Trinajstić information content (AvgIpc) is 2.41. The van der Waals surface area contributed by atoms with Crippen molar-refractivity contribution in [3.63, 3.8) is 0 Å². The highest BCUT2D eigenvalue weighted by Crippen LogP contribution is 2.15. The molecular weight excluding hydrogens is 252 g/mol. The zero-order valence-electron chi connectivity index (χ0n) is 12.5. The Bertz CT molecular complexity index is 319. The maximum absolute atomic E-state index is 5.98. The summed E-state index contributed by atoms with van der Waals surface area (Å²) < 4.78 is 0. The predicted molar refractivity (Wildman–Crippen MR) is 87.0 cm³/mol. The molecule has 0 bridgehead atoms. The molecule has 0 radical (unpaired) electrons. The molecule has 0 amide bonds. The summed E-state index contributed by atoms with van der Waals surface area (Å²) in [6.07, 6.45) is 15.2. The molecule has 1 aromatic rings. The van der Waals surface area contributed by atoms with E-state index in [-0.39, 0.29) is 0 Å². The summed E-state index contributed by atoms with van der Waals surface area (Å²) in [5, 5.41) is 0.865. The molecule has 0 aliphatic carbocycles. The lowest BCUT2D eigenvalue weighted by molar-refractivity contribution is 0.556. The molecule has 0 saturated heterocycles. The quantitative estimate of drug-likeness (QED) is 0.391. The van der Waals surface area contributed by atoms with Gasteiger partial charge in [0.25, 0.3) is 0 Å². The van der Waals surface area contributed by atoms with Crippen LogP contribution in [0.2, 0.25) is 5.02 Å². The Morgan fingerprint density at radius 1 is 0.789 bits per heavy atom. The summed E-state index contributed by atoms with van der Waals surface area (Å²) in [6, 6.07) is 8.27. The topological polar surface area (TPSA) is 0 Å². The fourth-order valence-electron chi connectivity index (χ4n) is 2.51. The molecular formula is C18H29Cl. The van der Waals surface area contributed by atoms with Crippen LogP contribution < -0.4 is 0 Å². The van der Waals surface area contributed by atoms with Crippen molar-refractivity contribution in [2.45, 2.75) is 77.6 Å². The number of hydrogen-bond donors (Lipinski definition) is 0. The lowest BCUT2D eigenvalue weighted by Crippen LogP contribution is -1.86. The van der Waals surface area contributed by atoms with E-state index in [9.17, 15) is 0 Å². The second kappa shape index (κ2) is 11.3. The van der Waals surface area contributed by atoms with E-state index in [1.165, 1.54) is 76.2 Å². The van der Waals surface area contributed by atoms with E-state index in [4.69, 9.17) is 11.6 Å². The van der Waals surface area contributed by atoms with Gasteiger partial charge >= 0.3 is 0 Å². The van der Waals surface area contributed by atoms with E-state index >= 15 is 0 Å². The van der Waals surface area contributed by atoms with Crippen LogP contribution in [0.15, 0.2) is 24.3 Å². The molecule has 0 unspecified atom stereocenters. The number of rotatable bonds is 11. The van der Waals surface area contributed by atoms with Gasteiger partial charge in [-0.25, -0.2) is 0 Å². The molecule has 0 aromatic heterocycles. The lowest BCUT2D eigenvalue weighted by atomic mass is 10.0. The fraction of sp³-hybridized carbons (Fsp3) is 0.667. The monoisotopic (exact) mass is 280 g/mol. The Morgan fingerprint density at radius 2 is 1.37 bits per heavy atom. The maximum Gasteiger partial charge on any atom is 0.0408 e. The van der Waals surface area contributed by atoms with Crippen molar-refractivity contribution < 1.29 is 0 Å². The van der Waals surface area contributed by atoms with Crippen molar-refractivity contribution in [1.82, 2.24) is 0 Å². The minimum atomic E-state index is 0.865. The summed E-state index contributed by atoms with van der Waals surface area (Å²) in [5.41, 5.74) is 1.38. The summed E-state index contributed by atoms with van der Waals surface area (Å²) in [7, 11) is 0. The highest BCUT2D eigenvalue weighted by atomic mass is 35.5. The first-order valence-corrected chi connectivity index (χ1v) is 8.45. The average molecular weight is 281 g/mol. The molecule has 0 nitrogen and oxygen atoms in total. The van der Waals surface area contributed by atoms with Gasteiger partial charge in [-0.2, -0.15) is 0 Å². The zero-order chi connectivity index (χ0) is 13.8. The number of unbranched alkanes of at least 4 members (excludes halogenated alkanes) is 9. The van der Waals surface area contributed by atoms with Crippen molar-refractivity contribution in [1.29, 1.82) is 0 Å². The molecule has 0 saturated carbocycles. The van der Waals surface area contributed by atoms with Gasteiger partial charge in [-0.3, -0.25) is 0 Å². The lowest BCUT2D eigenvalue weighted by Gasteiger charge is -2.03. The molecule has 0 atom stereocenters. The zero-order valence-corrected chi connectivity index (χ0v) is 13.2. The second-order valence-electron chi connectivity index (χ2n) is 5.56. The number of halogens is 1. The van der Waals surface area contributed by atoms with Gasteiger partial charge < -0.3 is 0 Å². The van der Waals surface area contributed by atoms with Crippen LogP contribution in [-0.2, 0) is 6.42 Å². The summed E-state index contributed by atoms with van der Waals surface area (Å²) in [6.45, 7) is 2.28. The Morgan fingerprint density at radius 3 is 1.95 bits per heavy atom. The largest absolute Gasteiger partial charge is 0.0843 e. The van der Waals surface area contributed by atoms with Crippen LogP contribution >= 0.6 is 11.6 Å². The fourth-order valence-corrected chi connectivity index (χ4v) is 2.72. The van der Waals surface area contributed by atoms with E-state index in [2.05, 4.69) is 19.1 Å². The summed E-state index contributed by atoms with van der Waals surface area (Å²) in [5.74, 6) is 0. The molecule has 0 N–H and O–H groups in total. The summed E-state index contributed by atoms with van der Waals surface area (Å²) in [4.78, 5) is 0. The van der Waals surface area contributed by atoms with Crippen molar-refractivity contribution in [3.05, 3.63) is 34.9 Å². The van der Waals surface area contributed by atoms with Gasteiger partial charge in [0.15, 0.2) is 0 Å². The normalized spacial score (nSPS) is 10.8. The van der Waals surface area contributed by atoms with E-state index in [0.717, 1.165) is 5.02 Å². The molecule has 0 aliphatic heterocycles. The molecule has 19 heavy (non-hydrogen) atoms. The molecule has 0 spiro atoms. The third-order valence-corrected chi connectivity index (χ3v) is 3.94. The van der Waals surface area contributed by atoms with Gasteiger partial charge in [-0.1, -0.05) is 88.4 Å². The van der Waals surface area contributed by atoms with Gasteiger partial charge in [0, 0.05) is 5.02 Å². The van der Waals surface area contributed by atoms with E-state index in [0.29, 0.717) is 0 Å². The first kappa shape index (κ1) is 16.6. The van der Waals surface area contributed by atoms with Crippen LogP contribution in [0.25, 0.3) is 0 Å². The molecule has 0 aliphatic rings. The number of hydrogen-bond acceptors (Lipinski definition) is 0. The van der Waals surface area contributed by atoms with Crippen molar-refractivity contribution in [2.24, 2.45) is 0 Å². The molecule has 1 heteroatoms. The first-order chi connectivity index (χ1) is 9.33. The SMILES string of the molecule is CCCCCCCCCCCCc1cccc(Cl)c1. The number of aryl methyl sites for hydroxylation is 1. The minimum Gasteiger partial charge on any atom is -0.0843 e. The molecule has 0 heterocycles. The van der Waals surface area contributed by atoms with Crippen LogP contribution in [0.1, 0.15) is 76.7 Å². The molecule has 1 aromatic carbocycles. The maximum atomic E-state index is 5.98. The highest BCUT2D eigenvalue weighted by molar-refractivity contribution is 6.30. The van der Waals surface area contributed by atoms with Crippen molar-refractivity contribution in [3.8, 4) is 0 Å². The third kappa shape index (κ3) is 9.10. The predicted octanol–water partition coefficient (Wildman–Crippen LogP) is 6.80. The molecule has 0 fully saturated rings. The summed E-state index contributed by atoms with van der Waals surface area (Å²) >= 11 is 5.98. The van der Waals surface area contributed by atoms with Crippen LogP contribution in [0.5, 0.6) is 0 Å². The van der Waals surface area contributed by atoms with Gasteiger partial charge in [-0.15, -0.1) is 0 Å². The molecule has 1 rings (SSSR count). The van der Waals surface area contributed by atoms with Crippen LogP contribution in [0.3, 0.4) is 0 Å². The van der Waals surface area contributed by atoms with Gasteiger partial charge in [0.1, 0.15) is 0 Å². The van der Waals surface area contributed by atoms with Crippen LogP contribution in [-0.4, -0.2) is 0 Å². The van der Waals surface area contributed by atoms with E-state index < -0.39 is 0 Å². The Balaban J connectivity index is 1.89. The van der Waals surface area contributed by atoms with E-state index in [1.54, 1.807) is 0 Å². The van der Waals surface area contributed by atoms with Crippen LogP contribution in [0.4, 0.5) is 0 Å². The Hall–Kier alpha value is -0.490. The second-order valence-corrected chi connectivity index (χ2v) is 6.00. The smallest absolute Gasteiger partial charge is 0.0408 e. The first-order valence-electron chi connectivity index (χ1n) is 8.07. The van der Waals surface area contributed by atoms with Gasteiger partial charge in [0.05, 0.1) is 0 Å². The minimum absolute atomic E-state index is 0.865. The van der Waals surface area contributed by atoms with Gasteiger partial charge in [-0.05, 0) is 30.5 Å². The third-order valence-electron chi connectivity index (χ3n) is 3.71. The molecule has 108 valence electrons. The Labute approximate surface area is 124 Å². The Kier molecular flexibility index (Phi) is 9.89. The van der Waals surface area contributed by atoms with E-state index in [1.807, 2.05) is 12.1 Å². The van der Waals surface area contributed by atoms with Crippen molar-refractivity contribution in [2.75, 3.05) is 0 Å². The highest BCUT2D eigenvalue weighted by Gasteiger charge is 1.96.